The molecule has 29 nitrogen and oxygen atoms in total. The molecule has 0 spiro atoms. The number of carbonyl (C=O) groups excluding carboxylic acids is 3. The van der Waals surface area contributed by atoms with E-state index >= 15 is 0 Å². The number of aliphatic hydroxyl groups is 5. The lowest BCUT2D eigenvalue weighted by Gasteiger charge is -2.48. The molecule has 6 aromatic rings. The number of rotatable bonds is 26. The highest BCUT2D eigenvalue weighted by molar-refractivity contribution is 7.86. The molecule has 0 radical (unpaired) electrons. The second-order valence-electron chi connectivity index (χ2n) is 24.6. The van der Waals surface area contributed by atoms with Crippen molar-refractivity contribution in [1.29, 1.82) is 0 Å². The minimum atomic E-state index is -4.97. The lowest BCUT2D eigenvalue weighted by Crippen LogP contribution is -2.64. The topological polar surface area (TPSA) is 427 Å². The van der Waals surface area contributed by atoms with E-state index in [1.165, 1.54) is 65.8 Å². The first-order valence-electron chi connectivity index (χ1n) is 31.3. The Labute approximate surface area is 544 Å². The SMILES string of the molecule is Cc1cc(S(=O)(=O)O)c2c(NC(=O)CCn3cc(CCCCC(=O)C4CC(OC5OC(CO)C(O)C(O[C@@H](CC6CCCCC6)C(=O)O)C5OC(=O)c5ccccc5)C(OC5OC(C)C(O)C(O)C5O)C(n5cc(-c6cccc(F)c6)nn5)C4)nn3)ccc(S(=O)(=O)O)c2c1. The fourth-order valence-corrected chi connectivity index (χ4v) is 14.4. The lowest BCUT2D eigenvalue weighted by atomic mass is 9.78. The Bertz CT molecular complexity index is 3930. The molecule has 10 rings (SSSR count). The Morgan fingerprint density at radius 3 is 2.22 bits per heavy atom. The zero-order valence-electron chi connectivity index (χ0n) is 51.7. The fourth-order valence-electron chi connectivity index (χ4n) is 12.9. The Hall–Kier alpha value is -7.15. The number of aromatic nitrogens is 6. The summed E-state index contributed by atoms with van der Waals surface area (Å²) in [5.74, 6) is -4.88. The Morgan fingerprint density at radius 2 is 1.52 bits per heavy atom. The highest BCUT2D eigenvalue weighted by atomic mass is 32.2. The Balaban J connectivity index is 0.906. The number of aliphatic hydroxyl groups excluding tert-OH is 5. The van der Waals surface area contributed by atoms with Crippen LogP contribution in [0, 0.1) is 24.6 Å². The van der Waals surface area contributed by atoms with Crippen molar-refractivity contribution in [2.75, 3.05) is 11.9 Å². The number of aryl methyl sites for hydroxylation is 3. The van der Waals surface area contributed by atoms with Gasteiger partial charge in [-0.05, 0) is 112 Å². The number of carboxylic acid groups (broad SMARTS) is 1. The average Bonchev–Trinajstić information content (AvgIpc) is 0.789. The van der Waals surface area contributed by atoms with Crippen LogP contribution in [0.3, 0.4) is 0 Å². The van der Waals surface area contributed by atoms with Gasteiger partial charge in [-0.25, -0.2) is 18.7 Å². The molecule has 4 aromatic carbocycles. The van der Waals surface area contributed by atoms with Crippen LogP contribution in [-0.4, -0.2) is 197 Å². The molecule has 2 saturated heterocycles. The van der Waals surface area contributed by atoms with E-state index in [-0.39, 0.29) is 90.1 Å². The molecule has 2 aromatic heterocycles. The van der Waals surface area contributed by atoms with Crippen molar-refractivity contribution in [3.05, 3.63) is 114 Å². The molecule has 1 amide bonds. The molecule has 2 saturated carbocycles. The van der Waals surface area contributed by atoms with Gasteiger partial charge in [-0.2, -0.15) is 16.8 Å². The normalized spacial score (nSPS) is 27.2. The average molecular weight is 1370 g/mol. The standard InChI is InChI=1S/C63H76FN7O22S2/c1-33-24-41-49(94(82,83)84)21-20-42(52(41)50(25-33)95(85,86)87)65-51(74)22-23-70-30-40(66-68-70)18-9-10-19-45(73)38-28-44(71-31-43(67-69-71)37-16-11-17-39(64)27-37)57(93-62-56(78)55(77)53(75)34(2)88-62)46(29-38)90-63-59(92-61(81)36-14-7-4-8-15-36)58(54(76)48(32-72)91-63)89-47(60(79)80)26-35-12-5-3-6-13-35/h4,7-8,11,14-17,20-21,24-25,27,30-31,34-35,38,44,46-48,53-59,62-63,72,75-78H,3,5-6,9-10,12-13,18-19,22-23,26,28-29,32H2,1-2H3,(H,65,74)(H,79,80)(H,82,83,84)(H,85,86,87)/t34?,38?,44?,46?,47-,48?,53?,54?,55?,56?,57?,58?,59?,62?,63?/m0/s1. The fraction of sp³-hybridized carbons (Fsp3) is 0.524. The van der Waals surface area contributed by atoms with Crippen LogP contribution in [-0.2, 0) is 76.0 Å². The second-order valence-corrected chi connectivity index (χ2v) is 27.4. The van der Waals surface area contributed by atoms with Gasteiger partial charge in [0.15, 0.2) is 24.8 Å². The maximum Gasteiger partial charge on any atom is 0.338 e. The van der Waals surface area contributed by atoms with Gasteiger partial charge in [0.1, 0.15) is 69.8 Å². The molecule has 95 heavy (non-hydrogen) atoms. The quantitative estimate of drug-likeness (QED) is 0.0208. The van der Waals surface area contributed by atoms with Crippen molar-refractivity contribution in [3.63, 3.8) is 0 Å². The predicted molar refractivity (Wildman–Crippen MR) is 328 cm³/mol. The monoisotopic (exact) mass is 1370 g/mol. The van der Waals surface area contributed by atoms with Crippen LogP contribution in [0.15, 0.2) is 101 Å². The number of benzene rings is 4. The first-order valence-corrected chi connectivity index (χ1v) is 34.1. The Kier molecular flexibility index (Phi) is 22.7. The number of ether oxygens (including phenoxy) is 6. The van der Waals surface area contributed by atoms with Gasteiger partial charge in [0.05, 0.1) is 54.5 Å². The van der Waals surface area contributed by atoms with E-state index < -0.39 is 152 Å². The number of hydrogen-bond acceptors (Lipinski definition) is 23. The number of fused-ring (bicyclic) bond motifs is 1. The summed E-state index contributed by atoms with van der Waals surface area (Å²) in [6.45, 7) is 1.96. The van der Waals surface area contributed by atoms with Crippen LogP contribution >= 0.6 is 0 Å². The van der Waals surface area contributed by atoms with Gasteiger partial charge in [-0.3, -0.25) is 23.4 Å². The summed E-state index contributed by atoms with van der Waals surface area (Å²) in [4.78, 5) is 54.1. The van der Waals surface area contributed by atoms with Gasteiger partial charge < -0.3 is 64.4 Å². The van der Waals surface area contributed by atoms with E-state index in [4.69, 9.17) is 28.4 Å². The molecular formula is C63H76FN7O22S2. The van der Waals surface area contributed by atoms with Gasteiger partial charge in [0, 0.05) is 41.3 Å². The first kappa shape index (κ1) is 70.6. The van der Waals surface area contributed by atoms with Gasteiger partial charge in [-0.1, -0.05) is 72.9 Å². The molecule has 2 aliphatic carbocycles. The molecule has 4 heterocycles. The molecule has 32 heteroatoms. The summed E-state index contributed by atoms with van der Waals surface area (Å²) in [5.41, 5.74) is 1.09. The van der Waals surface area contributed by atoms with Crippen LogP contribution in [0.4, 0.5) is 10.1 Å². The van der Waals surface area contributed by atoms with E-state index in [0.29, 0.717) is 24.1 Å². The van der Waals surface area contributed by atoms with Crippen LogP contribution in [0.2, 0.25) is 0 Å². The smallest absolute Gasteiger partial charge is 0.338 e. The van der Waals surface area contributed by atoms with Gasteiger partial charge >= 0.3 is 11.9 Å². The molecule has 514 valence electrons. The number of carbonyl (C=O) groups is 4. The maximum absolute atomic E-state index is 14.9. The van der Waals surface area contributed by atoms with Crippen molar-refractivity contribution in [2.45, 2.75) is 199 Å². The van der Waals surface area contributed by atoms with E-state index in [2.05, 4.69) is 25.9 Å². The molecule has 2 aliphatic heterocycles. The molecule has 4 aliphatic rings. The molecule has 0 bridgehead atoms. The van der Waals surface area contributed by atoms with Gasteiger partial charge in [0.25, 0.3) is 20.2 Å². The Morgan fingerprint density at radius 1 is 0.768 bits per heavy atom. The molecule has 14 unspecified atom stereocenters. The van der Waals surface area contributed by atoms with Crippen molar-refractivity contribution in [1.82, 2.24) is 30.0 Å². The molecular weight excluding hydrogens is 1290 g/mol. The van der Waals surface area contributed by atoms with Crippen LogP contribution in [0.5, 0.6) is 0 Å². The summed E-state index contributed by atoms with van der Waals surface area (Å²) in [6, 6.07) is 16.5. The van der Waals surface area contributed by atoms with Crippen molar-refractivity contribution >= 4 is 60.3 Å². The zero-order valence-corrected chi connectivity index (χ0v) is 53.3. The third kappa shape index (κ3) is 17.0. The molecule has 15 atom stereocenters. The first-order chi connectivity index (χ1) is 45.2. The number of aliphatic carboxylic acids is 1. The highest BCUT2D eigenvalue weighted by Crippen LogP contribution is 2.43. The van der Waals surface area contributed by atoms with Crippen molar-refractivity contribution in [2.24, 2.45) is 11.8 Å². The summed E-state index contributed by atoms with van der Waals surface area (Å²) in [6.07, 6.45) is -13.6. The largest absolute Gasteiger partial charge is 0.479 e. The number of esters is 1. The van der Waals surface area contributed by atoms with Crippen LogP contribution in [0.25, 0.3) is 22.0 Å². The van der Waals surface area contributed by atoms with E-state index in [0.717, 1.165) is 50.3 Å². The molecule has 4 fully saturated rings. The number of halogens is 1. The summed E-state index contributed by atoms with van der Waals surface area (Å²) in [5, 5.41) is 85.7. The van der Waals surface area contributed by atoms with Crippen molar-refractivity contribution < 1.29 is 109 Å². The summed E-state index contributed by atoms with van der Waals surface area (Å²) >= 11 is 0. The zero-order chi connectivity index (χ0) is 68.0. The third-order valence-corrected chi connectivity index (χ3v) is 19.6. The number of nitrogens with zero attached hydrogens (tertiary/aromatic N) is 6. The molecule has 9 N–H and O–H groups in total. The second kappa shape index (κ2) is 30.5. The lowest BCUT2D eigenvalue weighted by molar-refractivity contribution is -0.348. The van der Waals surface area contributed by atoms with E-state index in [1.54, 1.807) is 30.5 Å². The number of hydrogen-bond donors (Lipinski definition) is 9. The number of amides is 1. The van der Waals surface area contributed by atoms with Crippen LogP contribution < -0.4 is 5.32 Å². The summed E-state index contributed by atoms with van der Waals surface area (Å²) < 4.78 is 125. The highest BCUT2D eigenvalue weighted by Gasteiger charge is 2.55. The number of unbranched alkanes of at least 4 members (excludes halogenated alkanes) is 1. The predicted octanol–water partition coefficient (Wildman–Crippen LogP) is 4.30. The van der Waals surface area contributed by atoms with E-state index in [1.807, 2.05) is 0 Å². The number of anilines is 1. The van der Waals surface area contributed by atoms with Crippen LogP contribution in [0.1, 0.15) is 112 Å². The number of Topliss-reactive ketones (excluding diaryl/α,β-unsaturated/α-hetero) is 1. The van der Waals surface area contributed by atoms with Crippen molar-refractivity contribution in [3.8, 4) is 11.3 Å². The number of ketones is 1. The van der Waals surface area contributed by atoms with E-state index in [9.17, 15) is 80.1 Å². The number of carboxylic acids is 1. The van der Waals surface area contributed by atoms with Gasteiger partial charge in [0.2, 0.25) is 5.91 Å². The minimum Gasteiger partial charge on any atom is -0.479 e. The minimum absolute atomic E-state index is 0.0351. The number of nitrogens with one attached hydrogen (secondary N) is 1. The maximum atomic E-state index is 14.9. The third-order valence-electron chi connectivity index (χ3n) is 17.8. The summed E-state index contributed by atoms with van der Waals surface area (Å²) in [7, 11) is -9.86. The van der Waals surface area contributed by atoms with Gasteiger partial charge in [-0.15, -0.1) is 10.2 Å².